The summed E-state index contributed by atoms with van der Waals surface area (Å²) in [5.41, 5.74) is 18.5. The summed E-state index contributed by atoms with van der Waals surface area (Å²) in [7, 11) is 0. The van der Waals surface area contributed by atoms with Crippen molar-refractivity contribution in [1.82, 2.24) is 63.4 Å². The zero-order valence-electron chi connectivity index (χ0n) is 59.7. The number of primary amides is 1. The Morgan fingerprint density at radius 1 is 0.505 bits per heavy atom. The molecule has 0 aromatic heterocycles. The highest BCUT2D eigenvalue weighted by Gasteiger charge is 2.41. The maximum Gasteiger partial charge on any atom is 0.245 e. The highest BCUT2D eigenvalue weighted by molar-refractivity contribution is 5.99. The largest absolute Gasteiger partial charge is 0.394 e. The quantitative estimate of drug-likeness (QED) is 0.0373. The smallest absolute Gasteiger partial charge is 0.245 e. The summed E-state index contributed by atoms with van der Waals surface area (Å²) in [6.45, 7) is 23.4. The van der Waals surface area contributed by atoms with Crippen molar-refractivity contribution in [3.63, 3.8) is 0 Å². The van der Waals surface area contributed by atoms with Gasteiger partial charge in [0.2, 0.25) is 76.8 Å². The minimum Gasteiger partial charge on any atom is -0.394 e. The number of benzene rings is 1. The molecule has 97 heavy (non-hydrogen) atoms. The SMILES string of the molecule is CC[C@H](C)[C@H](NC(=O)CNC(=O)[C@H](CO)NC(=O)[C@H](CC(C)C)NC(=O)[C@@H](NC(=O)[C@H](CCCCN)NC(=O)CNC(=O)[C@@H](NC(=O)[C@H](CC(C)C)NC(=O)[C@@H]1CCCN1C(=O)[C@H](CC(C)C)NC(=O)[C@@H](N)Cc1ccccc1)[C@@H](C)CC)C(C)C)C(=O)N[C@@H](CC(C)C)C(N)=O. The Kier molecular flexibility index (Phi) is 38.2. The van der Waals surface area contributed by atoms with E-state index in [0.29, 0.717) is 38.5 Å². The third-order valence-corrected chi connectivity index (χ3v) is 17.0. The van der Waals surface area contributed by atoms with Crippen molar-refractivity contribution < 1.29 is 67.4 Å². The van der Waals surface area contributed by atoms with Gasteiger partial charge in [0.15, 0.2) is 0 Å². The van der Waals surface area contributed by atoms with Crippen LogP contribution in [0.4, 0.5) is 0 Å². The van der Waals surface area contributed by atoms with Crippen molar-refractivity contribution >= 4 is 76.8 Å². The predicted octanol–water partition coefficient (Wildman–Crippen LogP) is -0.318. The fraction of sp³-hybridized carbons (Fsp3) is 0.721. The van der Waals surface area contributed by atoms with Crippen LogP contribution in [0.3, 0.4) is 0 Å². The Balaban J connectivity index is 2.22. The zero-order valence-corrected chi connectivity index (χ0v) is 59.7. The third-order valence-electron chi connectivity index (χ3n) is 17.0. The van der Waals surface area contributed by atoms with Gasteiger partial charge in [-0.15, -0.1) is 0 Å². The molecule has 0 bridgehead atoms. The number of carbonyl (C=O) groups excluding carboxylic acids is 13. The number of nitrogens with one attached hydrogen (secondary N) is 11. The minimum absolute atomic E-state index is 0.0124. The van der Waals surface area contributed by atoms with Gasteiger partial charge in [-0.05, 0) is 118 Å². The van der Waals surface area contributed by atoms with Crippen LogP contribution < -0.4 is 75.7 Å². The zero-order chi connectivity index (χ0) is 73.4. The summed E-state index contributed by atoms with van der Waals surface area (Å²) in [4.78, 5) is 179. The van der Waals surface area contributed by atoms with Crippen LogP contribution in [0.1, 0.15) is 173 Å². The Morgan fingerprint density at radius 3 is 1.48 bits per heavy atom. The molecular weight excluding hydrogens is 1250 g/mol. The van der Waals surface area contributed by atoms with Crippen LogP contribution in [0.2, 0.25) is 0 Å². The van der Waals surface area contributed by atoms with E-state index in [-0.39, 0.29) is 75.3 Å². The monoisotopic (exact) mass is 1370 g/mol. The van der Waals surface area contributed by atoms with Gasteiger partial charge in [0.1, 0.15) is 60.4 Å². The first-order valence-electron chi connectivity index (χ1n) is 34.6. The fourth-order valence-corrected chi connectivity index (χ4v) is 11.1. The molecule has 13 atom stereocenters. The molecule has 0 radical (unpaired) electrons. The van der Waals surface area contributed by atoms with Crippen molar-refractivity contribution in [3.05, 3.63) is 35.9 Å². The van der Waals surface area contributed by atoms with Crippen LogP contribution in [0.15, 0.2) is 30.3 Å². The van der Waals surface area contributed by atoms with E-state index in [9.17, 15) is 67.4 Å². The van der Waals surface area contributed by atoms with Crippen LogP contribution in [0.5, 0.6) is 0 Å². The molecule has 1 aliphatic heterocycles. The van der Waals surface area contributed by atoms with Crippen LogP contribution in [0, 0.1) is 41.4 Å². The normalized spacial score (nSPS) is 16.8. The molecule has 1 aliphatic rings. The van der Waals surface area contributed by atoms with Crippen molar-refractivity contribution in [2.75, 3.05) is 32.8 Å². The van der Waals surface area contributed by atoms with Gasteiger partial charge in [-0.3, -0.25) is 62.3 Å². The molecule has 1 aromatic rings. The molecule has 1 aromatic carbocycles. The van der Waals surface area contributed by atoms with Gasteiger partial charge >= 0.3 is 0 Å². The molecule has 29 nitrogen and oxygen atoms in total. The number of aliphatic hydroxyl groups excluding tert-OH is 1. The number of nitrogens with zero attached hydrogens (tertiary/aromatic N) is 1. The van der Waals surface area contributed by atoms with E-state index >= 15 is 0 Å². The first-order valence-corrected chi connectivity index (χ1v) is 34.6. The highest BCUT2D eigenvalue weighted by atomic mass is 16.3. The number of carbonyl (C=O) groups is 13. The second-order valence-corrected chi connectivity index (χ2v) is 27.8. The fourth-order valence-electron chi connectivity index (χ4n) is 11.1. The van der Waals surface area contributed by atoms with Crippen molar-refractivity contribution in [1.29, 1.82) is 0 Å². The van der Waals surface area contributed by atoms with Crippen LogP contribution in [-0.2, 0) is 68.7 Å². The highest BCUT2D eigenvalue weighted by Crippen LogP contribution is 2.22. The van der Waals surface area contributed by atoms with Crippen molar-refractivity contribution in [2.45, 2.75) is 240 Å². The van der Waals surface area contributed by atoms with Crippen LogP contribution in [-0.4, -0.2) is 186 Å². The van der Waals surface area contributed by atoms with Crippen molar-refractivity contribution in [2.24, 2.45) is 58.6 Å². The molecule has 0 spiro atoms. The Labute approximate surface area is 573 Å². The first kappa shape index (κ1) is 85.3. The maximum absolute atomic E-state index is 14.3. The van der Waals surface area contributed by atoms with Gasteiger partial charge < -0.3 is 85.7 Å². The molecule has 1 heterocycles. The number of aliphatic hydroxyl groups is 1. The van der Waals surface area contributed by atoms with Gasteiger partial charge in [-0.1, -0.05) is 140 Å². The van der Waals surface area contributed by atoms with E-state index < -0.39 is 181 Å². The third kappa shape index (κ3) is 30.3. The number of rotatable bonds is 44. The first-order chi connectivity index (χ1) is 45.6. The topological polar surface area (TPSA) is 456 Å². The number of hydrogen-bond donors (Lipinski definition) is 15. The standard InChI is InChI=1S/C68H117N15O14/c1-15-42(13)56(82-63(92)49(31-39(7)8)76-64(93)52-26-22-28-83(52)68(97)50(32-40(9)10)78-59(88)45(70)33-44-23-18-17-19-24-44)65(94)73-34-53(85)74-46(25-20-21-27-69)61(90)81-55(41(11)12)66(95)77-48(30-38(5)6)62(91)79-51(36-84)60(89)72-35-54(86)80-57(43(14)16-2)67(96)75-47(58(71)87)29-37(3)4/h17-19,23-24,37-43,45-52,55-57,84H,15-16,20-22,25-36,69-70H2,1-14H3,(H2,71,87)(H,72,89)(H,73,94)(H,74,85)(H,75,96)(H,76,93)(H,77,95)(H,78,88)(H,79,91)(H,80,86)(H,81,90)(H,82,92)/t42-,43-,45-,46-,47-,48-,49-,50-,51-,52-,55-,56-,57-/m0/s1. The van der Waals surface area contributed by atoms with E-state index in [1.165, 1.54) is 4.90 Å². The lowest BCUT2D eigenvalue weighted by Crippen LogP contribution is -2.60. The summed E-state index contributed by atoms with van der Waals surface area (Å²) in [6, 6.07) is -3.54. The van der Waals surface area contributed by atoms with Crippen LogP contribution in [0.25, 0.3) is 0 Å². The minimum atomic E-state index is -1.61. The molecule has 0 aliphatic carbocycles. The van der Waals surface area contributed by atoms with E-state index in [2.05, 4.69) is 58.5 Å². The average Bonchev–Trinajstić information content (AvgIpc) is 1.76. The number of unbranched alkanes of at least 4 members (excludes halogenated alkanes) is 1. The molecule has 1 fully saturated rings. The second-order valence-electron chi connectivity index (χ2n) is 27.8. The molecule has 13 amide bonds. The lowest BCUT2D eigenvalue weighted by molar-refractivity contribution is -0.142. The molecule has 18 N–H and O–H groups in total. The number of amides is 13. The van der Waals surface area contributed by atoms with Gasteiger partial charge in [-0.25, -0.2) is 0 Å². The van der Waals surface area contributed by atoms with E-state index in [1.54, 1.807) is 55.4 Å². The molecule has 0 unspecified atom stereocenters. The van der Waals surface area contributed by atoms with Gasteiger partial charge in [0, 0.05) is 6.54 Å². The lowest BCUT2D eigenvalue weighted by atomic mass is 9.96. The molecule has 0 saturated carbocycles. The van der Waals surface area contributed by atoms with Gasteiger partial charge in [0.05, 0.1) is 25.7 Å². The second kappa shape index (κ2) is 43.5. The Bertz CT molecular complexity index is 2750. The summed E-state index contributed by atoms with van der Waals surface area (Å²) >= 11 is 0. The van der Waals surface area contributed by atoms with Crippen LogP contribution >= 0.6 is 0 Å². The van der Waals surface area contributed by atoms with E-state index in [1.807, 2.05) is 71.9 Å². The Morgan fingerprint density at radius 2 is 0.959 bits per heavy atom. The lowest BCUT2D eigenvalue weighted by Gasteiger charge is -2.31. The van der Waals surface area contributed by atoms with E-state index in [4.69, 9.17) is 17.2 Å². The average molecular weight is 1370 g/mol. The number of nitrogens with two attached hydrogens (primary N) is 3. The Hall–Kier alpha value is -7.79. The molecule has 1 saturated heterocycles. The summed E-state index contributed by atoms with van der Waals surface area (Å²) in [6.07, 6.45) is 3.52. The molecular formula is C68H117N15O14. The van der Waals surface area contributed by atoms with Gasteiger partial charge in [-0.2, -0.15) is 0 Å². The summed E-state index contributed by atoms with van der Waals surface area (Å²) in [5, 5.41) is 39.2. The molecule has 548 valence electrons. The van der Waals surface area contributed by atoms with Crippen molar-refractivity contribution in [3.8, 4) is 0 Å². The molecule has 2 rings (SSSR count). The van der Waals surface area contributed by atoms with E-state index in [0.717, 1.165) is 5.56 Å². The number of likely N-dealkylation sites (tertiary alicyclic amines) is 1. The van der Waals surface area contributed by atoms with Gasteiger partial charge in [0.25, 0.3) is 0 Å². The number of hydrogen-bond acceptors (Lipinski definition) is 16. The predicted molar refractivity (Wildman–Crippen MR) is 367 cm³/mol. The molecule has 29 heteroatoms. The summed E-state index contributed by atoms with van der Waals surface area (Å²) < 4.78 is 0. The maximum atomic E-state index is 14.3. The summed E-state index contributed by atoms with van der Waals surface area (Å²) in [5.74, 6) is -11.2.